The fraction of sp³-hybridized carbons (Fsp3) is 0.526. The van der Waals surface area contributed by atoms with Gasteiger partial charge in [0.15, 0.2) is 5.96 Å². The minimum Gasteiger partial charge on any atom is -0.372 e. The number of halogens is 1. The molecular formula is C19H29IN4. The van der Waals surface area contributed by atoms with Crippen LogP contribution in [0.3, 0.4) is 0 Å². The van der Waals surface area contributed by atoms with Crippen molar-refractivity contribution in [3.63, 3.8) is 0 Å². The van der Waals surface area contributed by atoms with Gasteiger partial charge in [-0.1, -0.05) is 25.0 Å². The van der Waals surface area contributed by atoms with Gasteiger partial charge in [0.1, 0.15) is 0 Å². The van der Waals surface area contributed by atoms with Crippen LogP contribution in [0, 0.1) is 18.3 Å². The van der Waals surface area contributed by atoms with E-state index in [1.54, 1.807) is 0 Å². The third-order valence-corrected chi connectivity index (χ3v) is 4.21. The van der Waals surface area contributed by atoms with Crippen molar-refractivity contribution in [2.24, 2.45) is 10.9 Å². The Kier molecular flexibility index (Phi) is 9.62. The molecule has 1 aromatic carbocycles. The third-order valence-electron chi connectivity index (χ3n) is 4.21. The molecule has 4 nitrogen and oxygen atoms in total. The highest BCUT2D eigenvalue weighted by molar-refractivity contribution is 14.0. The van der Waals surface area contributed by atoms with Gasteiger partial charge in [-0.25, -0.2) is 4.99 Å². The summed E-state index contributed by atoms with van der Waals surface area (Å²) in [6.07, 6.45) is 7.86. The van der Waals surface area contributed by atoms with Crippen molar-refractivity contribution in [2.75, 3.05) is 31.1 Å². The van der Waals surface area contributed by atoms with Crippen LogP contribution in [0.2, 0.25) is 0 Å². The Morgan fingerprint density at radius 2 is 1.92 bits per heavy atom. The summed E-state index contributed by atoms with van der Waals surface area (Å²) < 4.78 is 0. The molecule has 0 atom stereocenters. The number of guanidine groups is 1. The zero-order valence-electron chi connectivity index (χ0n) is 14.7. The van der Waals surface area contributed by atoms with E-state index in [1.165, 1.54) is 37.2 Å². The van der Waals surface area contributed by atoms with Gasteiger partial charge in [-0.3, -0.25) is 0 Å². The summed E-state index contributed by atoms with van der Waals surface area (Å²) in [5.41, 5.74) is 2.53. The van der Waals surface area contributed by atoms with Crippen molar-refractivity contribution < 1.29 is 0 Å². The number of hydrogen-bond acceptors (Lipinski definition) is 2. The molecule has 0 amide bonds. The van der Waals surface area contributed by atoms with Crippen LogP contribution in [0.25, 0.3) is 0 Å². The maximum atomic E-state index is 5.28. The second-order valence-corrected chi connectivity index (χ2v) is 6.09. The number of piperidine rings is 1. The van der Waals surface area contributed by atoms with Crippen LogP contribution in [0.5, 0.6) is 0 Å². The number of aliphatic imine (C=N–C) groups is 1. The van der Waals surface area contributed by atoms with Gasteiger partial charge >= 0.3 is 0 Å². The minimum absolute atomic E-state index is 0. The van der Waals surface area contributed by atoms with E-state index in [-0.39, 0.29) is 24.0 Å². The summed E-state index contributed by atoms with van der Waals surface area (Å²) in [5.74, 6) is 4.19. The van der Waals surface area contributed by atoms with Gasteiger partial charge in [0, 0.05) is 25.3 Å². The molecule has 1 aliphatic heterocycles. The number of nitrogens with one attached hydrogen (secondary N) is 2. The van der Waals surface area contributed by atoms with Crippen molar-refractivity contribution >= 4 is 35.6 Å². The van der Waals surface area contributed by atoms with Crippen molar-refractivity contribution in [1.29, 1.82) is 0 Å². The first-order chi connectivity index (χ1) is 11.2. The third kappa shape index (κ3) is 6.60. The first-order valence-corrected chi connectivity index (χ1v) is 8.52. The second-order valence-electron chi connectivity index (χ2n) is 6.09. The number of nitrogens with zero attached hydrogens (tertiary/aromatic N) is 2. The molecule has 0 saturated carbocycles. The molecule has 0 aliphatic carbocycles. The maximum Gasteiger partial charge on any atom is 0.192 e. The van der Waals surface area contributed by atoms with E-state index in [4.69, 9.17) is 6.42 Å². The first-order valence-electron chi connectivity index (χ1n) is 8.52. The van der Waals surface area contributed by atoms with Crippen LogP contribution >= 0.6 is 24.0 Å². The average Bonchev–Trinajstić information content (AvgIpc) is 2.58. The van der Waals surface area contributed by atoms with E-state index in [9.17, 15) is 0 Å². The normalized spacial score (nSPS) is 15.4. The molecular weight excluding hydrogens is 411 g/mol. The lowest BCUT2D eigenvalue weighted by molar-refractivity contribution is 0.438. The molecule has 132 valence electrons. The molecule has 1 aromatic rings. The minimum atomic E-state index is 0. The van der Waals surface area contributed by atoms with Gasteiger partial charge in [-0.15, -0.1) is 30.4 Å². The molecule has 1 heterocycles. The predicted molar refractivity (Wildman–Crippen MR) is 114 cm³/mol. The Labute approximate surface area is 163 Å². The molecule has 0 aromatic heterocycles. The lowest BCUT2D eigenvalue weighted by atomic mass is 9.99. The predicted octanol–water partition coefficient (Wildman–Crippen LogP) is 3.23. The van der Waals surface area contributed by atoms with Gasteiger partial charge in [0.2, 0.25) is 0 Å². The van der Waals surface area contributed by atoms with Crippen LogP contribution in [0.4, 0.5) is 5.69 Å². The SMILES string of the molecule is C#CCNC(=NCc1ccc(N2CCC(C)CC2)cc1)NCC.I. The van der Waals surface area contributed by atoms with Crippen molar-refractivity contribution in [3.05, 3.63) is 29.8 Å². The standard InChI is InChI=1S/C19H28N4.HI/c1-4-12-21-19(20-5-2)22-15-17-6-8-18(9-7-17)23-13-10-16(3)11-14-23;/h1,6-9,16H,5,10-15H2,2-3H3,(H2,20,21,22);1H. The van der Waals surface area contributed by atoms with E-state index in [0.29, 0.717) is 13.1 Å². The van der Waals surface area contributed by atoms with Gasteiger partial charge in [-0.2, -0.15) is 0 Å². The Bertz CT molecular complexity index is 539. The van der Waals surface area contributed by atoms with E-state index in [2.05, 4.69) is 57.6 Å². The van der Waals surface area contributed by atoms with E-state index >= 15 is 0 Å². The number of rotatable bonds is 5. The monoisotopic (exact) mass is 440 g/mol. The summed E-state index contributed by atoms with van der Waals surface area (Å²) in [4.78, 5) is 7.04. The number of anilines is 1. The maximum absolute atomic E-state index is 5.28. The fourth-order valence-corrected chi connectivity index (χ4v) is 2.73. The van der Waals surface area contributed by atoms with Crippen molar-refractivity contribution in [1.82, 2.24) is 10.6 Å². The van der Waals surface area contributed by atoms with Crippen molar-refractivity contribution in [3.8, 4) is 12.3 Å². The summed E-state index contributed by atoms with van der Waals surface area (Å²) in [6.45, 7) is 8.67. The van der Waals surface area contributed by atoms with Crippen LogP contribution in [0.1, 0.15) is 32.3 Å². The molecule has 24 heavy (non-hydrogen) atoms. The summed E-state index contributed by atoms with van der Waals surface area (Å²) in [5, 5.41) is 6.29. The van der Waals surface area contributed by atoms with E-state index < -0.39 is 0 Å². The van der Waals surface area contributed by atoms with Crippen LogP contribution < -0.4 is 15.5 Å². The average molecular weight is 440 g/mol. The highest BCUT2D eigenvalue weighted by Crippen LogP contribution is 2.23. The Balaban J connectivity index is 0.00000288. The molecule has 0 unspecified atom stereocenters. The molecule has 2 N–H and O–H groups in total. The Morgan fingerprint density at radius 1 is 1.25 bits per heavy atom. The summed E-state index contributed by atoms with van der Waals surface area (Å²) in [7, 11) is 0. The molecule has 0 bridgehead atoms. The molecule has 2 rings (SSSR count). The lowest BCUT2D eigenvalue weighted by Crippen LogP contribution is -2.37. The van der Waals surface area contributed by atoms with Crippen LogP contribution in [0.15, 0.2) is 29.3 Å². The number of terminal acetylenes is 1. The molecule has 0 radical (unpaired) electrons. The molecule has 1 aliphatic rings. The lowest BCUT2D eigenvalue weighted by Gasteiger charge is -2.32. The second kappa shape index (κ2) is 11.2. The highest BCUT2D eigenvalue weighted by Gasteiger charge is 2.15. The van der Waals surface area contributed by atoms with Gasteiger partial charge < -0.3 is 15.5 Å². The smallest absolute Gasteiger partial charge is 0.192 e. The number of benzene rings is 1. The topological polar surface area (TPSA) is 39.7 Å². The van der Waals surface area contributed by atoms with Gasteiger partial charge in [0.25, 0.3) is 0 Å². The quantitative estimate of drug-likeness (QED) is 0.320. The first kappa shape index (κ1) is 20.6. The summed E-state index contributed by atoms with van der Waals surface area (Å²) in [6, 6.07) is 8.76. The molecule has 5 heteroatoms. The Morgan fingerprint density at radius 3 is 2.50 bits per heavy atom. The molecule has 1 saturated heterocycles. The molecule has 1 fully saturated rings. The summed E-state index contributed by atoms with van der Waals surface area (Å²) >= 11 is 0. The number of hydrogen-bond donors (Lipinski definition) is 2. The van der Waals surface area contributed by atoms with Gasteiger partial charge in [-0.05, 0) is 43.4 Å². The Hall–Kier alpha value is -1.42. The molecule has 0 spiro atoms. The zero-order valence-corrected chi connectivity index (χ0v) is 17.0. The fourth-order valence-electron chi connectivity index (χ4n) is 2.73. The highest BCUT2D eigenvalue weighted by atomic mass is 127. The van der Waals surface area contributed by atoms with Crippen molar-refractivity contribution in [2.45, 2.75) is 33.2 Å². The zero-order chi connectivity index (χ0) is 16.5. The van der Waals surface area contributed by atoms with Crippen LogP contribution in [-0.2, 0) is 6.54 Å². The largest absolute Gasteiger partial charge is 0.372 e. The van der Waals surface area contributed by atoms with Crippen LogP contribution in [-0.4, -0.2) is 32.1 Å². The van der Waals surface area contributed by atoms with E-state index in [0.717, 1.165) is 18.4 Å². The van der Waals surface area contributed by atoms with Gasteiger partial charge in [0.05, 0.1) is 13.1 Å². The van der Waals surface area contributed by atoms with E-state index in [1.807, 2.05) is 6.92 Å².